The molecule has 0 saturated heterocycles. The number of fused-ring (bicyclic) bond motifs is 1. The Morgan fingerprint density at radius 2 is 1.60 bits per heavy atom. The van der Waals surface area contributed by atoms with E-state index in [9.17, 15) is 4.79 Å². The van der Waals surface area contributed by atoms with Gasteiger partial charge in [-0.3, -0.25) is 4.79 Å². The summed E-state index contributed by atoms with van der Waals surface area (Å²) in [5.41, 5.74) is 5.88. The molecule has 0 saturated carbocycles. The van der Waals surface area contributed by atoms with Crippen LogP contribution in [0.5, 0.6) is 0 Å². The highest BCUT2D eigenvalue weighted by Gasteiger charge is 2.17. The fourth-order valence-electron chi connectivity index (χ4n) is 2.69. The number of carbonyl (C=O) groups excluding carboxylic acids is 1. The van der Waals surface area contributed by atoms with E-state index in [1.54, 1.807) is 0 Å². The Hall–Kier alpha value is -2.35. The molecule has 0 aliphatic rings. The number of rotatable bonds is 2. The van der Waals surface area contributed by atoms with Crippen molar-refractivity contribution in [3.05, 3.63) is 70.4 Å². The van der Waals surface area contributed by atoms with Crippen molar-refractivity contribution in [3.63, 3.8) is 0 Å². The molecule has 20 heavy (non-hydrogen) atoms. The maximum atomic E-state index is 12.8. The van der Waals surface area contributed by atoms with Crippen molar-refractivity contribution in [2.75, 3.05) is 0 Å². The first-order chi connectivity index (χ1) is 9.59. The van der Waals surface area contributed by atoms with E-state index in [2.05, 4.69) is 4.98 Å². The molecule has 1 aromatic heterocycles. The minimum absolute atomic E-state index is 0.0896. The lowest BCUT2D eigenvalue weighted by molar-refractivity contribution is 0.103. The van der Waals surface area contributed by atoms with Gasteiger partial charge in [-0.05, 0) is 43.5 Å². The molecule has 2 nitrogen and oxygen atoms in total. The van der Waals surface area contributed by atoms with Crippen LogP contribution < -0.4 is 0 Å². The van der Waals surface area contributed by atoms with Crippen LogP contribution in [-0.2, 0) is 0 Å². The van der Waals surface area contributed by atoms with Gasteiger partial charge in [0.25, 0.3) is 0 Å². The standard InChI is InChI=1S/C18H17NO/c1-11-6-4-8-14(13(11)3)18(20)15-10-19-16-9-5-7-12(2)17(15)16/h4-10,19H,1-3H3. The van der Waals surface area contributed by atoms with Gasteiger partial charge < -0.3 is 4.98 Å². The van der Waals surface area contributed by atoms with Crippen LogP contribution >= 0.6 is 0 Å². The first kappa shape index (κ1) is 12.7. The minimum atomic E-state index is 0.0896. The van der Waals surface area contributed by atoms with Gasteiger partial charge in [0.2, 0.25) is 0 Å². The second-order valence-electron chi connectivity index (χ2n) is 5.28. The summed E-state index contributed by atoms with van der Waals surface area (Å²) in [5.74, 6) is 0.0896. The fraction of sp³-hybridized carbons (Fsp3) is 0.167. The molecule has 0 radical (unpaired) electrons. The summed E-state index contributed by atoms with van der Waals surface area (Å²) in [5, 5.41) is 1.03. The highest BCUT2D eigenvalue weighted by atomic mass is 16.1. The molecule has 0 fully saturated rings. The second kappa shape index (κ2) is 4.64. The normalized spacial score (nSPS) is 10.9. The lowest BCUT2D eigenvalue weighted by atomic mass is 9.95. The van der Waals surface area contributed by atoms with E-state index < -0.39 is 0 Å². The van der Waals surface area contributed by atoms with Crippen molar-refractivity contribution in [2.45, 2.75) is 20.8 Å². The number of aryl methyl sites for hydroxylation is 2. The first-order valence-electron chi connectivity index (χ1n) is 6.77. The number of aromatic nitrogens is 1. The lowest BCUT2D eigenvalue weighted by Gasteiger charge is -2.07. The van der Waals surface area contributed by atoms with Crippen LogP contribution in [0.25, 0.3) is 10.9 Å². The monoisotopic (exact) mass is 263 g/mol. The smallest absolute Gasteiger partial charge is 0.195 e. The van der Waals surface area contributed by atoms with Crippen LogP contribution in [0.2, 0.25) is 0 Å². The molecule has 0 aliphatic carbocycles. The van der Waals surface area contributed by atoms with Gasteiger partial charge >= 0.3 is 0 Å². The summed E-state index contributed by atoms with van der Waals surface area (Å²) in [6, 6.07) is 11.9. The van der Waals surface area contributed by atoms with Crippen molar-refractivity contribution in [1.82, 2.24) is 4.98 Å². The molecule has 0 spiro atoms. The third-order valence-electron chi connectivity index (χ3n) is 4.01. The van der Waals surface area contributed by atoms with E-state index in [0.717, 1.165) is 38.7 Å². The summed E-state index contributed by atoms with van der Waals surface area (Å²) >= 11 is 0. The molecule has 3 rings (SSSR count). The Morgan fingerprint density at radius 1 is 0.900 bits per heavy atom. The quantitative estimate of drug-likeness (QED) is 0.686. The Kier molecular flexibility index (Phi) is 2.94. The molecule has 1 heterocycles. The molecule has 0 unspecified atom stereocenters. The Labute approximate surface area is 118 Å². The SMILES string of the molecule is Cc1cccc(C(=O)c2c[nH]c3cccc(C)c23)c1C. The minimum Gasteiger partial charge on any atom is -0.360 e. The maximum absolute atomic E-state index is 12.8. The van der Waals surface area contributed by atoms with Crippen molar-refractivity contribution in [3.8, 4) is 0 Å². The second-order valence-corrected chi connectivity index (χ2v) is 5.28. The number of benzene rings is 2. The zero-order valence-electron chi connectivity index (χ0n) is 11.9. The zero-order chi connectivity index (χ0) is 14.3. The fourth-order valence-corrected chi connectivity index (χ4v) is 2.69. The number of H-pyrrole nitrogens is 1. The van der Waals surface area contributed by atoms with Crippen molar-refractivity contribution < 1.29 is 4.79 Å². The largest absolute Gasteiger partial charge is 0.360 e. The Balaban J connectivity index is 2.21. The number of carbonyl (C=O) groups is 1. The average Bonchev–Trinajstić information content (AvgIpc) is 2.86. The van der Waals surface area contributed by atoms with Crippen LogP contribution in [0.3, 0.4) is 0 Å². The Bertz CT molecular complexity index is 811. The third kappa shape index (κ3) is 1.85. The molecule has 3 aromatic rings. The highest BCUT2D eigenvalue weighted by Crippen LogP contribution is 2.26. The maximum Gasteiger partial charge on any atom is 0.195 e. The van der Waals surface area contributed by atoms with Crippen LogP contribution in [-0.4, -0.2) is 10.8 Å². The van der Waals surface area contributed by atoms with E-state index in [0.29, 0.717) is 0 Å². The first-order valence-corrected chi connectivity index (χ1v) is 6.77. The predicted molar refractivity (Wildman–Crippen MR) is 82.4 cm³/mol. The van der Waals surface area contributed by atoms with E-state index >= 15 is 0 Å². The highest BCUT2D eigenvalue weighted by molar-refractivity contribution is 6.17. The molecule has 1 N–H and O–H groups in total. The molecule has 0 amide bonds. The molecule has 0 bridgehead atoms. The van der Waals surface area contributed by atoms with E-state index in [1.165, 1.54) is 0 Å². The van der Waals surface area contributed by atoms with E-state index in [4.69, 9.17) is 0 Å². The molecule has 2 aromatic carbocycles. The van der Waals surface area contributed by atoms with Crippen LogP contribution in [0.1, 0.15) is 32.6 Å². The van der Waals surface area contributed by atoms with Gasteiger partial charge in [0.05, 0.1) is 0 Å². The number of ketones is 1. The van der Waals surface area contributed by atoms with Crippen molar-refractivity contribution in [2.24, 2.45) is 0 Å². The molecule has 0 aliphatic heterocycles. The third-order valence-corrected chi connectivity index (χ3v) is 4.01. The number of aromatic amines is 1. The molecule has 2 heteroatoms. The predicted octanol–water partition coefficient (Wildman–Crippen LogP) is 4.32. The lowest BCUT2D eigenvalue weighted by Crippen LogP contribution is -2.04. The summed E-state index contributed by atoms with van der Waals surface area (Å²) in [7, 11) is 0. The van der Waals surface area contributed by atoms with Gasteiger partial charge in [-0.1, -0.05) is 30.3 Å². The number of hydrogen-bond acceptors (Lipinski definition) is 1. The summed E-state index contributed by atoms with van der Waals surface area (Å²) in [4.78, 5) is 16.0. The average molecular weight is 263 g/mol. The van der Waals surface area contributed by atoms with Crippen LogP contribution in [0.15, 0.2) is 42.6 Å². The summed E-state index contributed by atoms with van der Waals surface area (Å²) in [6.45, 7) is 6.08. The molecule has 0 atom stereocenters. The number of nitrogens with one attached hydrogen (secondary N) is 1. The molecular weight excluding hydrogens is 246 g/mol. The van der Waals surface area contributed by atoms with Gasteiger partial charge in [-0.25, -0.2) is 0 Å². The van der Waals surface area contributed by atoms with Gasteiger partial charge in [0.1, 0.15) is 0 Å². The van der Waals surface area contributed by atoms with Crippen LogP contribution in [0, 0.1) is 20.8 Å². The van der Waals surface area contributed by atoms with Crippen molar-refractivity contribution in [1.29, 1.82) is 0 Å². The van der Waals surface area contributed by atoms with Gasteiger partial charge in [-0.2, -0.15) is 0 Å². The van der Waals surface area contributed by atoms with Gasteiger partial charge in [0.15, 0.2) is 5.78 Å². The topological polar surface area (TPSA) is 32.9 Å². The molecular formula is C18H17NO. The Morgan fingerprint density at radius 3 is 2.40 bits per heavy atom. The number of hydrogen-bond donors (Lipinski definition) is 1. The van der Waals surface area contributed by atoms with E-state index in [-0.39, 0.29) is 5.78 Å². The van der Waals surface area contributed by atoms with Crippen molar-refractivity contribution >= 4 is 16.7 Å². The van der Waals surface area contributed by atoms with Crippen LogP contribution in [0.4, 0.5) is 0 Å². The zero-order valence-corrected chi connectivity index (χ0v) is 11.9. The summed E-state index contributed by atoms with van der Waals surface area (Å²) in [6.07, 6.45) is 1.82. The van der Waals surface area contributed by atoms with Gasteiger partial charge in [-0.15, -0.1) is 0 Å². The summed E-state index contributed by atoms with van der Waals surface area (Å²) < 4.78 is 0. The molecule has 100 valence electrons. The van der Waals surface area contributed by atoms with Gasteiger partial charge in [0, 0.05) is 28.2 Å². The van der Waals surface area contributed by atoms with E-state index in [1.807, 2.05) is 63.4 Å².